The summed E-state index contributed by atoms with van der Waals surface area (Å²) in [6.45, 7) is 0.938. The summed E-state index contributed by atoms with van der Waals surface area (Å²) < 4.78 is 7.49. The Morgan fingerprint density at radius 1 is 1.08 bits per heavy atom. The van der Waals surface area contributed by atoms with E-state index >= 15 is 0 Å². The largest absolute Gasteiger partial charge is 1.00 e. The topological polar surface area (TPSA) is 42.2 Å². The van der Waals surface area contributed by atoms with Crippen LogP contribution < -0.4 is 22.3 Å². The predicted octanol–water partition coefficient (Wildman–Crippen LogP) is 0.978. The zero-order valence-electron chi connectivity index (χ0n) is 14.5. The van der Waals surface area contributed by atoms with Crippen molar-refractivity contribution < 1.29 is 26.5 Å². The number of rotatable bonds is 1. The third-order valence-electron chi connectivity index (χ3n) is 5.34. The maximum Gasteiger partial charge on any atom is 0.344 e. The molecule has 2 aliphatic heterocycles. The van der Waals surface area contributed by atoms with E-state index in [1.54, 1.807) is 0 Å². The number of carbonyl (C=O) groups is 1. The van der Waals surface area contributed by atoms with E-state index < -0.39 is 0 Å². The van der Waals surface area contributed by atoms with Gasteiger partial charge in [0.15, 0.2) is 5.69 Å². The first-order chi connectivity index (χ1) is 12.3. The van der Waals surface area contributed by atoms with E-state index in [0.717, 1.165) is 59.2 Å². The van der Waals surface area contributed by atoms with Crippen LogP contribution in [0.4, 0.5) is 11.4 Å². The van der Waals surface area contributed by atoms with E-state index in [1.165, 1.54) is 18.4 Å². The zero-order chi connectivity index (χ0) is 17.0. The number of hydrogen-bond donors (Lipinski definition) is 1. The molecule has 0 saturated heterocycles. The summed E-state index contributed by atoms with van der Waals surface area (Å²) in [6.07, 6.45) is 3.15. The highest BCUT2D eigenvalue weighted by molar-refractivity contribution is 6.15. The summed E-state index contributed by atoms with van der Waals surface area (Å²) >= 11 is 0. The van der Waals surface area contributed by atoms with Gasteiger partial charge in [0, 0.05) is 18.2 Å². The maximum atomic E-state index is 12.6. The van der Waals surface area contributed by atoms with E-state index in [0.29, 0.717) is 0 Å². The molecule has 4 nitrogen and oxygen atoms in total. The van der Waals surface area contributed by atoms with Crippen molar-refractivity contribution >= 4 is 28.1 Å². The highest BCUT2D eigenvalue weighted by Gasteiger charge is 2.36. The van der Waals surface area contributed by atoms with E-state index in [-0.39, 0.29) is 18.4 Å². The Morgan fingerprint density at radius 3 is 2.73 bits per heavy atom. The molecule has 0 aliphatic carbocycles. The van der Waals surface area contributed by atoms with E-state index in [2.05, 4.69) is 40.2 Å². The van der Waals surface area contributed by atoms with Gasteiger partial charge in [-0.05, 0) is 24.6 Å². The average molecular weight is 367 g/mol. The molecule has 5 rings (SSSR count). The number of para-hydroxylation sites is 1. The molecular weight excluding hydrogens is 348 g/mol. The first-order valence-electron chi connectivity index (χ1n) is 8.75. The van der Waals surface area contributed by atoms with E-state index in [9.17, 15) is 4.79 Å². The summed E-state index contributed by atoms with van der Waals surface area (Å²) in [4.78, 5) is 12.6. The molecule has 0 fully saturated rings. The smallest absolute Gasteiger partial charge is 0.344 e. The van der Waals surface area contributed by atoms with Crippen LogP contribution in [0, 0.1) is 0 Å². The molecule has 132 valence electrons. The van der Waals surface area contributed by atoms with Gasteiger partial charge in [0.05, 0.1) is 29.4 Å². The second kappa shape index (κ2) is 6.29. The van der Waals surface area contributed by atoms with Gasteiger partial charge in [-0.25, -0.2) is 4.79 Å². The lowest BCUT2D eigenvalue weighted by Gasteiger charge is -2.25. The number of nitrogens with zero attached hydrogens (tertiary/aromatic N) is 1. The second-order valence-electron chi connectivity index (χ2n) is 6.67. The predicted molar refractivity (Wildman–Crippen MR) is 97.1 cm³/mol. The van der Waals surface area contributed by atoms with Crippen LogP contribution in [-0.4, -0.2) is 13.1 Å². The van der Waals surface area contributed by atoms with Gasteiger partial charge in [-0.1, -0.05) is 24.3 Å². The summed E-state index contributed by atoms with van der Waals surface area (Å²) in [7, 11) is 1.46. The van der Waals surface area contributed by atoms with Crippen molar-refractivity contribution in [2.75, 3.05) is 12.4 Å². The minimum absolute atomic E-state index is 0. The molecule has 0 radical (unpaired) electrons. The van der Waals surface area contributed by atoms with Gasteiger partial charge in [-0.3, -0.25) is 0 Å². The van der Waals surface area contributed by atoms with Crippen LogP contribution in [0.2, 0.25) is 0 Å². The Morgan fingerprint density at radius 2 is 1.88 bits per heavy atom. The van der Waals surface area contributed by atoms with Crippen LogP contribution in [0.15, 0.2) is 42.5 Å². The number of ether oxygens (including phenoxy) is 1. The summed E-state index contributed by atoms with van der Waals surface area (Å²) in [5.74, 6) is -0.242. The number of aromatic nitrogens is 1. The van der Waals surface area contributed by atoms with Gasteiger partial charge in [0.25, 0.3) is 0 Å². The van der Waals surface area contributed by atoms with Crippen molar-refractivity contribution in [3.8, 4) is 11.3 Å². The molecule has 3 heterocycles. The second-order valence-corrected chi connectivity index (χ2v) is 6.67. The van der Waals surface area contributed by atoms with Crippen LogP contribution in [0.3, 0.4) is 0 Å². The molecule has 5 heteroatoms. The van der Waals surface area contributed by atoms with Gasteiger partial charge in [0.2, 0.25) is 5.69 Å². The normalized spacial score (nSPS) is 13.9. The van der Waals surface area contributed by atoms with Gasteiger partial charge in [-0.2, -0.15) is 4.57 Å². The number of pyridine rings is 1. The molecule has 2 aliphatic rings. The van der Waals surface area contributed by atoms with Gasteiger partial charge in [0.1, 0.15) is 12.1 Å². The average Bonchev–Trinajstić information content (AvgIpc) is 2.67. The number of benzene rings is 2. The standard InChI is InChI=1S/C21H18N2O2.ClH/c1-25-21(24)19-14-8-6-10-16-18(14)20(23-12-5-4-11-17(19)23)13-7-2-3-9-15(13)22-16;/h2-3,6-10H,4-5,11-12H2,1H3;1H. The molecule has 1 N–H and O–H groups in total. The number of anilines is 2. The van der Waals surface area contributed by atoms with E-state index in [1.807, 2.05) is 12.1 Å². The minimum atomic E-state index is -0.242. The van der Waals surface area contributed by atoms with Crippen molar-refractivity contribution in [1.82, 2.24) is 0 Å². The lowest BCUT2D eigenvalue weighted by molar-refractivity contribution is -0.697. The molecule has 0 atom stereocenters. The Balaban J connectivity index is 0.00000168. The van der Waals surface area contributed by atoms with Crippen LogP contribution >= 0.6 is 0 Å². The summed E-state index contributed by atoms with van der Waals surface area (Å²) in [5.41, 5.74) is 6.43. The highest BCUT2D eigenvalue weighted by atomic mass is 35.5. The molecule has 0 saturated carbocycles. The monoisotopic (exact) mass is 366 g/mol. The molecule has 0 amide bonds. The number of fused-ring (bicyclic) bond motifs is 4. The summed E-state index contributed by atoms with van der Waals surface area (Å²) in [5, 5.41) is 5.63. The number of carbonyl (C=O) groups excluding carboxylic acids is 1. The van der Waals surface area contributed by atoms with Crippen LogP contribution in [0.25, 0.3) is 22.0 Å². The highest BCUT2D eigenvalue weighted by Crippen LogP contribution is 2.43. The van der Waals surface area contributed by atoms with Gasteiger partial charge >= 0.3 is 5.97 Å². The maximum absolute atomic E-state index is 12.6. The van der Waals surface area contributed by atoms with Crippen molar-refractivity contribution in [2.45, 2.75) is 25.8 Å². The molecule has 0 bridgehead atoms. The Hall–Kier alpha value is -2.59. The lowest BCUT2D eigenvalue weighted by atomic mass is 9.90. The number of hydrogen-bond acceptors (Lipinski definition) is 3. The van der Waals surface area contributed by atoms with Crippen LogP contribution in [0.1, 0.15) is 28.9 Å². The number of esters is 1. The Kier molecular flexibility index (Phi) is 4.08. The fourth-order valence-electron chi connectivity index (χ4n) is 4.30. The molecule has 2 aromatic carbocycles. The van der Waals surface area contributed by atoms with Crippen molar-refractivity contribution in [2.24, 2.45) is 0 Å². The third kappa shape index (κ3) is 2.22. The number of halogens is 1. The quantitative estimate of drug-likeness (QED) is 0.403. The Bertz CT molecular complexity index is 1050. The minimum Gasteiger partial charge on any atom is -1.00 e. The van der Waals surface area contributed by atoms with Gasteiger partial charge in [-0.15, -0.1) is 0 Å². The fourth-order valence-corrected chi connectivity index (χ4v) is 4.30. The van der Waals surface area contributed by atoms with Crippen LogP contribution in [-0.2, 0) is 17.7 Å². The Labute approximate surface area is 158 Å². The molecule has 1 aromatic heterocycles. The molecular formula is C21H19ClN2O2. The SMILES string of the molecule is COC(=O)c1c2[n+](c3c4c(cccc14)Nc1ccccc1-3)CCCC2.[Cl-]. The lowest BCUT2D eigenvalue weighted by Crippen LogP contribution is -3.00. The van der Waals surface area contributed by atoms with Crippen molar-refractivity contribution in [3.05, 3.63) is 53.7 Å². The molecule has 26 heavy (non-hydrogen) atoms. The fraction of sp³-hybridized carbons (Fsp3) is 0.238. The van der Waals surface area contributed by atoms with Gasteiger partial charge < -0.3 is 22.5 Å². The number of nitrogens with one attached hydrogen (secondary N) is 1. The van der Waals surface area contributed by atoms with Crippen molar-refractivity contribution in [1.29, 1.82) is 0 Å². The van der Waals surface area contributed by atoms with E-state index in [4.69, 9.17) is 4.74 Å². The molecule has 0 unspecified atom stereocenters. The zero-order valence-corrected chi connectivity index (χ0v) is 15.3. The van der Waals surface area contributed by atoms with Crippen molar-refractivity contribution in [3.63, 3.8) is 0 Å². The first-order valence-corrected chi connectivity index (χ1v) is 8.75. The first kappa shape index (κ1) is 16.9. The molecule has 0 spiro atoms. The van der Waals surface area contributed by atoms with Crippen LogP contribution in [0.5, 0.6) is 0 Å². The summed E-state index contributed by atoms with van der Waals surface area (Å²) in [6, 6.07) is 14.5. The molecule has 3 aromatic rings. The third-order valence-corrected chi connectivity index (χ3v) is 5.34. The number of methoxy groups -OCH3 is 1.